The smallest absolute Gasteiger partial charge is 0.00844 e. The summed E-state index contributed by atoms with van der Waals surface area (Å²) in [7, 11) is 0. The Morgan fingerprint density at radius 2 is 2.00 bits per heavy atom. The molecule has 2 rings (SSSR count). The predicted octanol–water partition coefficient (Wildman–Crippen LogP) is 2.73. The van der Waals surface area contributed by atoms with Gasteiger partial charge in [-0.2, -0.15) is 0 Å². The van der Waals surface area contributed by atoms with Crippen molar-refractivity contribution in [3.05, 3.63) is 36.2 Å². The fourth-order valence-electron chi connectivity index (χ4n) is 1.32. The van der Waals surface area contributed by atoms with E-state index in [-0.39, 0.29) is 0 Å². The first-order chi connectivity index (χ1) is 5.40. The van der Waals surface area contributed by atoms with Crippen LogP contribution in [-0.2, 0) is 6.42 Å². The van der Waals surface area contributed by atoms with Gasteiger partial charge in [-0.15, -0.1) is 0 Å². The van der Waals surface area contributed by atoms with E-state index in [9.17, 15) is 0 Å². The van der Waals surface area contributed by atoms with E-state index < -0.39 is 0 Å². The van der Waals surface area contributed by atoms with Gasteiger partial charge >= 0.3 is 0 Å². The molecule has 0 bridgehead atoms. The first-order valence-electron chi connectivity index (χ1n) is 3.95. The Bertz CT molecular complexity index is 360. The Labute approximate surface area is 66.1 Å². The molecule has 0 fully saturated rings. The molecule has 56 valence electrons. The second-order valence-corrected chi connectivity index (χ2v) is 2.77. The molecule has 1 heterocycles. The van der Waals surface area contributed by atoms with Crippen LogP contribution in [0.25, 0.3) is 10.8 Å². The quantitative estimate of drug-likeness (QED) is 0.635. The van der Waals surface area contributed by atoms with Crippen LogP contribution in [0.4, 0.5) is 0 Å². The maximum Gasteiger partial charge on any atom is 0.00844 e. The van der Waals surface area contributed by atoms with Crippen molar-refractivity contribution >= 4 is 10.8 Å². The van der Waals surface area contributed by atoms with Gasteiger partial charge in [0.1, 0.15) is 0 Å². The maximum atomic E-state index is 3.09. The van der Waals surface area contributed by atoms with E-state index in [1.807, 2.05) is 12.4 Å². The lowest BCUT2D eigenvalue weighted by Gasteiger charge is -1.94. The molecule has 0 saturated carbocycles. The lowest BCUT2D eigenvalue weighted by Crippen LogP contribution is -1.76. The molecule has 0 aliphatic rings. The van der Waals surface area contributed by atoms with E-state index in [0.717, 1.165) is 6.42 Å². The van der Waals surface area contributed by atoms with E-state index in [4.69, 9.17) is 0 Å². The monoisotopic (exact) mass is 145 g/mol. The minimum atomic E-state index is 1.11. The summed E-state index contributed by atoms with van der Waals surface area (Å²) in [6.45, 7) is 2.17. The summed E-state index contributed by atoms with van der Waals surface area (Å²) in [5.74, 6) is 0. The normalized spacial score (nSPS) is 10.6. The average Bonchev–Trinajstić information content (AvgIpc) is 2.50. The summed E-state index contributed by atoms with van der Waals surface area (Å²) in [5.41, 5.74) is 1.40. The van der Waals surface area contributed by atoms with Crippen molar-refractivity contribution in [1.29, 1.82) is 0 Å². The van der Waals surface area contributed by atoms with Gasteiger partial charge in [0, 0.05) is 12.4 Å². The zero-order chi connectivity index (χ0) is 7.68. The second-order valence-electron chi connectivity index (χ2n) is 2.77. The van der Waals surface area contributed by atoms with Gasteiger partial charge in [-0.05, 0) is 28.8 Å². The molecule has 1 heteroatoms. The van der Waals surface area contributed by atoms with Crippen LogP contribution in [0.5, 0.6) is 0 Å². The maximum absolute atomic E-state index is 3.09. The molecular weight excluding hydrogens is 134 g/mol. The number of aromatic nitrogens is 1. The highest BCUT2D eigenvalue weighted by molar-refractivity contribution is 5.82. The first kappa shape index (κ1) is 6.47. The van der Waals surface area contributed by atoms with Crippen LogP contribution in [0, 0.1) is 0 Å². The van der Waals surface area contributed by atoms with Crippen LogP contribution < -0.4 is 0 Å². The topological polar surface area (TPSA) is 15.8 Å². The Hall–Kier alpha value is -1.24. The van der Waals surface area contributed by atoms with Crippen molar-refractivity contribution in [3.63, 3.8) is 0 Å². The van der Waals surface area contributed by atoms with Crippen LogP contribution in [0.3, 0.4) is 0 Å². The van der Waals surface area contributed by atoms with E-state index in [2.05, 4.69) is 30.1 Å². The lowest BCUT2D eigenvalue weighted by atomic mass is 10.1. The van der Waals surface area contributed by atoms with Crippen molar-refractivity contribution in [2.45, 2.75) is 13.3 Å². The van der Waals surface area contributed by atoms with Crippen molar-refractivity contribution in [1.82, 2.24) is 4.98 Å². The fraction of sp³-hybridized carbons (Fsp3) is 0.200. The molecule has 0 radical (unpaired) electrons. The number of aromatic amines is 1. The van der Waals surface area contributed by atoms with Gasteiger partial charge in [0.15, 0.2) is 0 Å². The molecule has 1 aromatic heterocycles. The van der Waals surface area contributed by atoms with Gasteiger partial charge < -0.3 is 4.98 Å². The number of nitrogens with one attached hydrogen (secondary N) is 1. The third-order valence-electron chi connectivity index (χ3n) is 2.04. The van der Waals surface area contributed by atoms with Gasteiger partial charge in [-0.3, -0.25) is 0 Å². The third-order valence-corrected chi connectivity index (χ3v) is 2.04. The number of fused-ring (bicyclic) bond motifs is 1. The Kier molecular flexibility index (Phi) is 1.42. The molecule has 2 aromatic rings. The summed E-state index contributed by atoms with van der Waals surface area (Å²) in [6.07, 6.45) is 5.17. The van der Waals surface area contributed by atoms with Crippen molar-refractivity contribution < 1.29 is 0 Å². The number of aryl methyl sites for hydroxylation is 1. The van der Waals surface area contributed by atoms with Crippen LogP contribution >= 0.6 is 0 Å². The van der Waals surface area contributed by atoms with E-state index >= 15 is 0 Å². The summed E-state index contributed by atoms with van der Waals surface area (Å²) in [6, 6.07) is 6.56. The molecule has 11 heavy (non-hydrogen) atoms. The fourth-order valence-corrected chi connectivity index (χ4v) is 1.32. The second kappa shape index (κ2) is 2.42. The van der Waals surface area contributed by atoms with Gasteiger partial charge in [-0.25, -0.2) is 0 Å². The summed E-state index contributed by atoms with van der Waals surface area (Å²) in [4.78, 5) is 3.09. The molecule has 0 aliphatic carbocycles. The number of rotatable bonds is 1. The number of hydrogen-bond donors (Lipinski definition) is 1. The van der Waals surface area contributed by atoms with Gasteiger partial charge in [0.25, 0.3) is 0 Å². The van der Waals surface area contributed by atoms with Crippen molar-refractivity contribution in [2.24, 2.45) is 0 Å². The molecule has 0 atom stereocenters. The Morgan fingerprint density at radius 1 is 1.18 bits per heavy atom. The van der Waals surface area contributed by atoms with E-state index in [1.165, 1.54) is 16.3 Å². The van der Waals surface area contributed by atoms with Crippen LogP contribution in [0.15, 0.2) is 30.6 Å². The standard InChI is InChI=1S/C10H11N/c1-2-8-3-4-9-6-11-7-10(9)5-8/h3-7,11H,2H2,1H3. The third kappa shape index (κ3) is 1.03. The molecular formula is C10H11N. The highest BCUT2D eigenvalue weighted by Gasteiger charge is 1.93. The number of hydrogen-bond acceptors (Lipinski definition) is 0. The van der Waals surface area contributed by atoms with Crippen LogP contribution in [0.2, 0.25) is 0 Å². The SMILES string of the molecule is CCc1ccc2c[nH]cc2c1. The minimum absolute atomic E-state index is 1.11. The first-order valence-corrected chi connectivity index (χ1v) is 3.95. The lowest BCUT2D eigenvalue weighted by molar-refractivity contribution is 1.15. The molecule has 1 aromatic carbocycles. The van der Waals surface area contributed by atoms with Crippen molar-refractivity contribution in [2.75, 3.05) is 0 Å². The van der Waals surface area contributed by atoms with Gasteiger partial charge in [0.05, 0.1) is 0 Å². The molecule has 0 spiro atoms. The Balaban J connectivity index is 2.67. The van der Waals surface area contributed by atoms with Gasteiger partial charge in [0.2, 0.25) is 0 Å². The Morgan fingerprint density at radius 3 is 2.82 bits per heavy atom. The predicted molar refractivity (Wildman–Crippen MR) is 47.7 cm³/mol. The largest absolute Gasteiger partial charge is 0.366 e. The van der Waals surface area contributed by atoms with Crippen molar-refractivity contribution in [3.8, 4) is 0 Å². The highest BCUT2D eigenvalue weighted by atomic mass is 14.6. The molecule has 0 saturated heterocycles. The summed E-state index contributed by atoms with van der Waals surface area (Å²) >= 11 is 0. The zero-order valence-corrected chi connectivity index (χ0v) is 6.59. The molecule has 1 nitrogen and oxygen atoms in total. The molecule has 0 aliphatic heterocycles. The summed E-state index contributed by atoms with van der Waals surface area (Å²) in [5, 5.41) is 2.60. The van der Waals surface area contributed by atoms with E-state index in [1.54, 1.807) is 0 Å². The summed E-state index contributed by atoms with van der Waals surface area (Å²) < 4.78 is 0. The number of H-pyrrole nitrogens is 1. The van der Waals surface area contributed by atoms with Crippen LogP contribution in [-0.4, -0.2) is 4.98 Å². The number of benzene rings is 1. The van der Waals surface area contributed by atoms with E-state index in [0.29, 0.717) is 0 Å². The zero-order valence-electron chi connectivity index (χ0n) is 6.59. The molecule has 0 amide bonds. The molecule has 0 unspecified atom stereocenters. The minimum Gasteiger partial charge on any atom is -0.366 e. The molecule has 1 N–H and O–H groups in total. The highest BCUT2D eigenvalue weighted by Crippen LogP contribution is 2.14. The average molecular weight is 145 g/mol. The van der Waals surface area contributed by atoms with Gasteiger partial charge in [-0.1, -0.05) is 19.1 Å². The van der Waals surface area contributed by atoms with Crippen LogP contribution in [0.1, 0.15) is 12.5 Å².